The second-order valence-corrected chi connectivity index (χ2v) is 4.36. The Hall–Kier alpha value is -0.120. The maximum absolute atomic E-state index is 6.28. The summed E-state index contributed by atoms with van der Waals surface area (Å²) in [5.74, 6) is 0.649. The van der Waals surface area contributed by atoms with Gasteiger partial charge in [0.05, 0.1) is 17.7 Å². The minimum Gasteiger partial charge on any atom is -0.381 e. The lowest BCUT2D eigenvalue weighted by molar-refractivity contribution is -0.102. The number of nitrogens with two attached hydrogens (primary N) is 1. The Labute approximate surface area is 72.2 Å². The Morgan fingerprint density at radius 1 is 1.25 bits per heavy atom. The van der Waals surface area contributed by atoms with Crippen LogP contribution in [-0.2, 0) is 9.47 Å². The van der Waals surface area contributed by atoms with Crippen LogP contribution in [0.25, 0.3) is 0 Å². The molecule has 2 saturated heterocycles. The highest BCUT2D eigenvalue weighted by Gasteiger charge is 2.69. The zero-order valence-corrected chi connectivity index (χ0v) is 7.21. The summed E-state index contributed by atoms with van der Waals surface area (Å²) in [6, 6.07) is 0. The van der Waals surface area contributed by atoms with Crippen molar-refractivity contribution in [1.29, 1.82) is 0 Å². The van der Waals surface area contributed by atoms with E-state index in [4.69, 9.17) is 15.2 Å². The van der Waals surface area contributed by atoms with Crippen LogP contribution >= 0.6 is 0 Å². The summed E-state index contributed by atoms with van der Waals surface area (Å²) in [5.41, 5.74) is 6.30. The molecule has 2 heterocycles. The predicted octanol–water partition coefficient (Wildman–Crippen LogP) is 0.283. The Morgan fingerprint density at radius 3 is 2.50 bits per heavy atom. The van der Waals surface area contributed by atoms with E-state index < -0.39 is 0 Å². The molecule has 3 aliphatic rings. The van der Waals surface area contributed by atoms with E-state index in [0.717, 1.165) is 32.7 Å². The molecular weight excluding hydrogens is 154 g/mol. The van der Waals surface area contributed by atoms with Crippen LogP contribution in [0.5, 0.6) is 0 Å². The van der Waals surface area contributed by atoms with Gasteiger partial charge in [0.15, 0.2) is 0 Å². The third-order valence-electron chi connectivity index (χ3n) is 3.86. The van der Waals surface area contributed by atoms with Crippen LogP contribution in [0.4, 0.5) is 0 Å². The normalized spacial score (nSPS) is 49.2. The Bertz CT molecular complexity index is 211. The molecule has 3 nitrogen and oxygen atoms in total. The molecule has 0 aromatic heterocycles. The number of fused-ring (bicyclic) bond motifs is 2. The van der Waals surface area contributed by atoms with E-state index in [1.54, 1.807) is 0 Å². The molecule has 3 rings (SSSR count). The first-order valence-corrected chi connectivity index (χ1v) is 4.77. The molecule has 0 aromatic rings. The maximum Gasteiger partial charge on any atom is 0.0908 e. The SMILES string of the molecule is NC12CC1COC21CCOCC1. The van der Waals surface area contributed by atoms with Crippen molar-refractivity contribution in [3.8, 4) is 0 Å². The highest BCUT2D eigenvalue weighted by Crippen LogP contribution is 2.59. The quantitative estimate of drug-likeness (QED) is 0.566. The molecule has 0 aromatic carbocycles. The van der Waals surface area contributed by atoms with Gasteiger partial charge in [0.1, 0.15) is 0 Å². The molecular formula is C9H15NO2. The average Bonchev–Trinajstić information content (AvgIpc) is 2.71. The van der Waals surface area contributed by atoms with E-state index in [2.05, 4.69) is 0 Å². The molecule has 1 aliphatic carbocycles. The molecule has 2 N–H and O–H groups in total. The molecule has 2 unspecified atom stereocenters. The first kappa shape index (κ1) is 7.30. The number of hydrogen-bond acceptors (Lipinski definition) is 3. The van der Waals surface area contributed by atoms with Crippen molar-refractivity contribution in [3.63, 3.8) is 0 Å². The van der Waals surface area contributed by atoms with E-state index in [1.165, 1.54) is 6.42 Å². The number of rotatable bonds is 0. The van der Waals surface area contributed by atoms with Crippen molar-refractivity contribution in [1.82, 2.24) is 0 Å². The largest absolute Gasteiger partial charge is 0.381 e. The molecule has 3 fully saturated rings. The van der Waals surface area contributed by atoms with E-state index in [-0.39, 0.29) is 11.1 Å². The van der Waals surface area contributed by atoms with Crippen molar-refractivity contribution in [2.75, 3.05) is 19.8 Å². The Balaban J connectivity index is 1.88. The van der Waals surface area contributed by atoms with Crippen LogP contribution in [0.3, 0.4) is 0 Å². The zero-order chi connectivity index (χ0) is 8.23. The second-order valence-electron chi connectivity index (χ2n) is 4.36. The molecule has 0 amide bonds. The van der Waals surface area contributed by atoms with Gasteiger partial charge in [-0.05, 0) is 6.42 Å². The fraction of sp³-hybridized carbons (Fsp3) is 1.00. The van der Waals surface area contributed by atoms with Crippen LogP contribution in [0.15, 0.2) is 0 Å². The highest BCUT2D eigenvalue weighted by atomic mass is 16.5. The molecule has 2 atom stereocenters. The van der Waals surface area contributed by atoms with E-state index >= 15 is 0 Å². The maximum atomic E-state index is 6.28. The summed E-state index contributed by atoms with van der Waals surface area (Å²) in [5, 5.41) is 0. The highest BCUT2D eigenvalue weighted by molar-refractivity contribution is 5.24. The topological polar surface area (TPSA) is 44.5 Å². The first-order valence-electron chi connectivity index (χ1n) is 4.77. The lowest BCUT2D eigenvalue weighted by Gasteiger charge is -2.38. The van der Waals surface area contributed by atoms with Gasteiger partial charge in [-0.2, -0.15) is 0 Å². The molecule has 68 valence electrons. The summed E-state index contributed by atoms with van der Waals surface area (Å²) in [4.78, 5) is 0. The first-order chi connectivity index (χ1) is 5.77. The Morgan fingerprint density at radius 2 is 2.00 bits per heavy atom. The fourth-order valence-corrected chi connectivity index (χ4v) is 2.82. The van der Waals surface area contributed by atoms with Gasteiger partial charge >= 0.3 is 0 Å². The number of ether oxygens (including phenoxy) is 2. The lowest BCUT2D eigenvalue weighted by atomic mass is 9.84. The number of hydrogen-bond donors (Lipinski definition) is 1. The minimum atomic E-state index is -0.00405. The van der Waals surface area contributed by atoms with Crippen molar-refractivity contribution in [2.24, 2.45) is 11.7 Å². The van der Waals surface area contributed by atoms with Gasteiger partial charge in [0.2, 0.25) is 0 Å². The van der Waals surface area contributed by atoms with Crippen LogP contribution < -0.4 is 5.73 Å². The molecule has 2 aliphatic heterocycles. The molecule has 12 heavy (non-hydrogen) atoms. The van der Waals surface area contributed by atoms with Crippen molar-refractivity contribution in [2.45, 2.75) is 30.4 Å². The summed E-state index contributed by atoms with van der Waals surface area (Å²) in [7, 11) is 0. The predicted molar refractivity (Wildman–Crippen MR) is 43.8 cm³/mol. The van der Waals surface area contributed by atoms with Crippen molar-refractivity contribution in [3.05, 3.63) is 0 Å². The monoisotopic (exact) mass is 169 g/mol. The van der Waals surface area contributed by atoms with Gasteiger partial charge in [-0.15, -0.1) is 0 Å². The van der Waals surface area contributed by atoms with Crippen molar-refractivity contribution < 1.29 is 9.47 Å². The molecule has 0 bridgehead atoms. The van der Waals surface area contributed by atoms with Gasteiger partial charge in [0, 0.05) is 32.0 Å². The smallest absolute Gasteiger partial charge is 0.0908 e. The van der Waals surface area contributed by atoms with Gasteiger partial charge in [-0.3, -0.25) is 0 Å². The van der Waals surface area contributed by atoms with Crippen LogP contribution in [-0.4, -0.2) is 31.0 Å². The summed E-state index contributed by atoms with van der Waals surface area (Å²) in [6.07, 6.45) is 3.17. The average molecular weight is 169 g/mol. The van der Waals surface area contributed by atoms with Gasteiger partial charge in [-0.1, -0.05) is 0 Å². The molecule has 0 radical (unpaired) electrons. The lowest BCUT2D eigenvalue weighted by Crippen LogP contribution is -2.53. The Kier molecular flexibility index (Phi) is 1.23. The third kappa shape index (κ3) is 0.679. The molecule has 1 saturated carbocycles. The zero-order valence-electron chi connectivity index (χ0n) is 7.21. The summed E-state index contributed by atoms with van der Waals surface area (Å²) in [6.45, 7) is 2.54. The van der Waals surface area contributed by atoms with Gasteiger partial charge in [0.25, 0.3) is 0 Å². The van der Waals surface area contributed by atoms with Crippen LogP contribution in [0.2, 0.25) is 0 Å². The van der Waals surface area contributed by atoms with E-state index in [9.17, 15) is 0 Å². The standard InChI is InChI=1S/C9H15NO2/c10-9-5-7(9)6-12-8(9)1-3-11-4-2-8/h7H,1-6,10H2. The van der Waals surface area contributed by atoms with Gasteiger partial charge < -0.3 is 15.2 Å². The van der Waals surface area contributed by atoms with Crippen LogP contribution in [0.1, 0.15) is 19.3 Å². The molecule has 3 heteroatoms. The summed E-state index contributed by atoms with van der Waals surface area (Å²) >= 11 is 0. The van der Waals surface area contributed by atoms with Gasteiger partial charge in [-0.25, -0.2) is 0 Å². The third-order valence-corrected chi connectivity index (χ3v) is 3.86. The van der Waals surface area contributed by atoms with Crippen molar-refractivity contribution >= 4 is 0 Å². The fourth-order valence-electron chi connectivity index (χ4n) is 2.82. The van der Waals surface area contributed by atoms with E-state index in [1.807, 2.05) is 0 Å². The minimum absolute atomic E-state index is 0.00405. The van der Waals surface area contributed by atoms with E-state index in [0.29, 0.717) is 5.92 Å². The molecule has 1 spiro atoms. The summed E-state index contributed by atoms with van der Waals surface area (Å²) < 4.78 is 11.2. The van der Waals surface area contributed by atoms with Crippen LogP contribution in [0, 0.1) is 5.92 Å². The second kappa shape index (κ2) is 2.03.